The van der Waals surface area contributed by atoms with Gasteiger partial charge in [0, 0.05) is 11.7 Å². The Balaban J connectivity index is 1.71. The number of hydrogen-bond donors (Lipinski definition) is 1. The second-order valence-electron chi connectivity index (χ2n) is 5.04. The van der Waals surface area contributed by atoms with E-state index in [1.165, 1.54) is 24.0 Å². The number of fused-ring (bicyclic) bond motifs is 1. The minimum atomic E-state index is 0.532. The molecule has 1 N–H and O–H groups in total. The van der Waals surface area contributed by atoms with Gasteiger partial charge >= 0.3 is 0 Å². The van der Waals surface area contributed by atoms with E-state index in [-0.39, 0.29) is 0 Å². The third kappa shape index (κ3) is 2.37. The highest BCUT2D eigenvalue weighted by molar-refractivity contribution is 5.43. The molecule has 0 radical (unpaired) electrons. The second kappa shape index (κ2) is 4.81. The Morgan fingerprint density at radius 2 is 1.94 bits per heavy atom. The molecule has 92 valence electrons. The molecular weight excluding hydrogens is 220 g/mol. The van der Waals surface area contributed by atoms with Gasteiger partial charge in [0.25, 0.3) is 0 Å². The zero-order valence-electron chi connectivity index (χ0n) is 10.7. The molecule has 2 aromatic rings. The summed E-state index contributed by atoms with van der Waals surface area (Å²) in [5.74, 6) is 0. The molecule has 1 aromatic carbocycles. The van der Waals surface area contributed by atoms with Crippen molar-refractivity contribution in [3.05, 3.63) is 59.4 Å². The number of pyridine rings is 1. The maximum Gasteiger partial charge on any atom is 0.0529 e. The van der Waals surface area contributed by atoms with Crippen molar-refractivity contribution in [3.8, 4) is 0 Å². The van der Waals surface area contributed by atoms with Crippen LogP contribution in [0.15, 0.2) is 42.6 Å². The minimum Gasteiger partial charge on any atom is -0.381 e. The van der Waals surface area contributed by atoms with Crippen LogP contribution in [0.4, 0.5) is 5.69 Å². The highest BCUT2D eigenvalue weighted by Gasteiger charge is 2.17. The van der Waals surface area contributed by atoms with Gasteiger partial charge < -0.3 is 5.32 Å². The molecular formula is C16H18N2. The molecule has 1 aliphatic rings. The van der Waals surface area contributed by atoms with E-state index in [0.717, 1.165) is 17.8 Å². The Bertz CT molecular complexity index is 531. The lowest BCUT2D eigenvalue weighted by Gasteiger charge is -2.26. The van der Waals surface area contributed by atoms with Crippen LogP contribution in [0.5, 0.6) is 0 Å². The molecule has 0 saturated carbocycles. The molecule has 3 rings (SSSR count). The number of hydrogen-bond acceptors (Lipinski definition) is 2. The molecule has 0 aliphatic heterocycles. The molecule has 2 nitrogen and oxygen atoms in total. The standard InChI is InChI=1S/C16H18N2/c1-12-6-8-16(11-17-12)18-15-9-7-13-4-2-3-5-14(13)10-15/h2-6,8,11,15,18H,7,9-10H2,1H3. The largest absolute Gasteiger partial charge is 0.381 e. The second-order valence-corrected chi connectivity index (χ2v) is 5.04. The van der Waals surface area contributed by atoms with Crippen LogP contribution in [0.1, 0.15) is 23.2 Å². The van der Waals surface area contributed by atoms with Crippen molar-refractivity contribution in [1.29, 1.82) is 0 Å². The van der Waals surface area contributed by atoms with Gasteiger partial charge in [0.2, 0.25) is 0 Å². The quantitative estimate of drug-likeness (QED) is 0.867. The third-order valence-corrected chi connectivity index (χ3v) is 3.63. The van der Waals surface area contributed by atoms with Crippen LogP contribution in [0.2, 0.25) is 0 Å². The van der Waals surface area contributed by atoms with Gasteiger partial charge in [0.15, 0.2) is 0 Å². The maximum absolute atomic E-state index is 4.33. The van der Waals surface area contributed by atoms with Crippen molar-refractivity contribution in [3.63, 3.8) is 0 Å². The summed E-state index contributed by atoms with van der Waals surface area (Å²) < 4.78 is 0. The summed E-state index contributed by atoms with van der Waals surface area (Å²) in [5, 5.41) is 3.59. The van der Waals surface area contributed by atoms with Gasteiger partial charge in [-0.25, -0.2) is 0 Å². The van der Waals surface area contributed by atoms with Gasteiger partial charge in [0.1, 0.15) is 0 Å². The smallest absolute Gasteiger partial charge is 0.0529 e. The van der Waals surface area contributed by atoms with Crippen molar-refractivity contribution in [2.24, 2.45) is 0 Å². The summed E-state index contributed by atoms with van der Waals surface area (Å²) >= 11 is 0. The minimum absolute atomic E-state index is 0.532. The van der Waals surface area contributed by atoms with E-state index in [0.29, 0.717) is 6.04 Å². The number of benzene rings is 1. The molecule has 2 heteroatoms. The molecule has 0 fully saturated rings. The molecule has 0 saturated heterocycles. The molecule has 18 heavy (non-hydrogen) atoms. The maximum atomic E-state index is 4.33. The van der Waals surface area contributed by atoms with Crippen LogP contribution in [-0.2, 0) is 12.8 Å². The number of nitrogens with one attached hydrogen (secondary N) is 1. The highest BCUT2D eigenvalue weighted by atomic mass is 14.9. The normalized spacial score (nSPS) is 18.2. The zero-order chi connectivity index (χ0) is 12.4. The first-order valence-electron chi connectivity index (χ1n) is 6.57. The van der Waals surface area contributed by atoms with E-state index in [1.54, 1.807) is 0 Å². The molecule has 1 unspecified atom stereocenters. The predicted molar refractivity (Wildman–Crippen MR) is 74.9 cm³/mol. The number of aromatic nitrogens is 1. The molecule has 0 spiro atoms. The first-order chi connectivity index (χ1) is 8.81. The molecule has 0 bridgehead atoms. The van der Waals surface area contributed by atoms with Gasteiger partial charge in [-0.05, 0) is 49.4 Å². The Hall–Kier alpha value is -1.83. The summed E-state index contributed by atoms with van der Waals surface area (Å²) in [5.41, 5.74) is 5.19. The van der Waals surface area contributed by atoms with Gasteiger partial charge in [-0.1, -0.05) is 24.3 Å². The Kier molecular flexibility index (Phi) is 3.01. The van der Waals surface area contributed by atoms with E-state index >= 15 is 0 Å². The van der Waals surface area contributed by atoms with Crippen molar-refractivity contribution in [1.82, 2.24) is 4.98 Å². The Morgan fingerprint density at radius 3 is 2.72 bits per heavy atom. The van der Waals surface area contributed by atoms with Crippen LogP contribution in [-0.4, -0.2) is 11.0 Å². The number of aryl methyl sites for hydroxylation is 2. The van der Waals surface area contributed by atoms with Crippen molar-refractivity contribution >= 4 is 5.69 Å². The van der Waals surface area contributed by atoms with E-state index in [4.69, 9.17) is 0 Å². The van der Waals surface area contributed by atoms with Crippen molar-refractivity contribution in [2.45, 2.75) is 32.2 Å². The Labute approximate surface area is 108 Å². The predicted octanol–water partition coefficient (Wildman–Crippen LogP) is 3.36. The molecule has 1 atom stereocenters. The van der Waals surface area contributed by atoms with Crippen LogP contribution in [0.3, 0.4) is 0 Å². The van der Waals surface area contributed by atoms with E-state index < -0.39 is 0 Å². The summed E-state index contributed by atoms with van der Waals surface area (Å²) in [6.45, 7) is 2.01. The summed E-state index contributed by atoms with van der Waals surface area (Å²) in [6, 6.07) is 13.5. The van der Waals surface area contributed by atoms with Gasteiger partial charge in [-0.3, -0.25) is 4.98 Å². The van der Waals surface area contributed by atoms with Crippen LogP contribution < -0.4 is 5.32 Å². The Morgan fingerprint density at radius 1 is 1.11 bits per heavy atom. The van der Waals surface area contributed by atoms with Crippen LogP contribution >= 0.6 is 0 Å². The summed E-state index contributed by atoms with van der Waals surface area (Å²) in [4.78, 5) is 4.33. The van der Waals surface area contributed by atoms with Gasteiger partial charge in [-0.15, -0.1) is 0 Å². The molecule has 1 heterocycles. The number of rotatable bonds is 2. The van der Waals surface area contributed by atoms with E-state index in [1.807, 2.05) is 13.1 Å². The molecule has 1 aromatic heterocycles. The summed E-state index contributed by atoms with van der Waals surface area (Å²) in [7, 11) is 0. The van der Waals surface area contributed by atoms with Crippen molar-refractivity contribution < 1.29 is 0 Å². The van der Waals surface area contributed by atoms with E-state index in [9.17, 15) is 0 Å². The summed E-state index contributed by atoms with van der Waals surface area (Å²) in [6.07, 6.45) is 5.41. The number of nitrogens with zero attached hydrogens (tertiary/aromatic N) is 1. The third-order valence-electron chi connectivity index (χ3n) is 3.63. The fraction of sp³-hybridized carbons (Fsp3) is 0.312. The fourth-order valence-electron chi connectivity index (χ4n) is 2.61. The van der Waals surface area contributed by atoms with Gasteiger partial charge in [-0.2, -0.15) is 0 Å². The number of anilines is 1. The zero-order valence-corrected chi connectivity index (χ0v) is 10.7. The lowest BCUT2D eigenvalue weighted by molar-refractivity contribution is 0.610. The lowest BCUT2D eigenvalue weighted by Crippen LogP contribution is -2.27. The first-order valence-corrected chi connectivity index (χ1v) is 6.57. The fourth-order valence-corrected chi connectivity index (χ4v) is 2.61. The SMILES string of the molecule is Cc1ccc(NC2CCc3ccccc3C2)cn1. The molecule has 1 aliphatic carbocycles. The topological polar surface area (TPSA) is 24.9 Å². The van der Waals surface area contributed by atoms with Crippen LogP contribution in [0.25, 0.3) is 0 Å². The van der Waals surface area contributed by atoms with Crippen molar-refractivity contribution in [2.75, 3.05) is 5.32 Å². The highest BCUT2D eigenvalue weighted by Crippen LogP contribution is 2.23. The average molecular weight is 238 g/mol. The van der Waals surface area contributed by atoms with Crippen LogP contribution in [0, 0.1) is 6.92 Å². The van der Waals surface area contributed by atoms with E-state index in [2.05, 4.69) is 46.7 Å². The first kappa shape index (κ1) is 11.3. The molecule has 0 amide bonds. The average Bonchev–Trinajstić information content (AvgIpc) is 2.41. The lowest BCUT2D eigenvalue weighted by atomic mass is 9.88. The monoisotopic (exact) mass is 238 g/mol. The van der Waals surface area contributed by atoms with Gasteiger partial charge in [0.05, 0.1) is 11.9 Å².